The van der Waals surface area contributed by atoms with Gasteiger partial charge in [0.05, 0.1) is 13.2 Å². The molecule has 0 aromatic rings. The molecule has 0 bridgehead atoms. The van der Waals surface area contributed by atoms with E-state index < -0.39 is 11.9 Å². The van der Waals surface area contributed by atoms with E-state index in [0.29, 0.717) is 32.7 Å². The lowest BCUT2D eigenvalue weighted by Crippen LogP contribution is -2.48. The highest BCUT2D eigenvalue weighted by Gasteiger charge is 2.27. The van der Waals surface area contributed by atoms with Crippen molar-refractivity contribution >= 4 is 11.9 Å². The Kier molecular flexibility index (Phi) is 4.71. The number of esters is 2. The van der Waals surface area contributed by atoms with Crippen LogP contribution >= 0.6 is 0 Å². The molecule has 1 aliphatic heterocycles. The van der Waals surface area contributed by atoms with Gasteiger partial charge in [-0.2, -0.15) is 0 Å². The molecular weight excluding hydrogens is 198 g/mol. The summed E-state index contributed by atoms with van der Waals surface area (Å²) in [5, 5.41) is 0. The molecule has 1 aliphatic rings. The van der Waals surface area contributed by atoms with E-state index in [1.807, 2.05) is 11.8 Å². The van der Waals surface area contributed by atoms with Crippen molar-refractivity contribution < 1.29 is 19.1 Å². The van der Waals surface area contributed by atoms with Gasteiger partial charge in [-0.15, -0.1) is 0 Å². The quantitative estimate of drug-likeness (QED) is 0.497. The highest BCUT2D eigenvalue weighted by Crippen LogP contribution is 2.09. The molecule has 0 aliphatic carbocycles. The van der Waals surface area contributed by atoms with E-state index in [1.165, 1.54) is 6.92 Å². The second kappa shape index (κ2) is 5.82. The van der Waals surface area contributed by atoms with Gasteiger partial charge in [-0.1, -0.05) is 6.92 Å². The summed E-state index contributed by atoms with van der Waals surface area (Å²) in [5.41, 5.74) is 0. The van der Waals surface area contributed by atoms with Crippen molar-refractivity contribution in [2.75, 3.05) is 26.3 Å². The number of rotatable bonds is 3. The summed E-state index contributed by atoms with van der Waals surface area (Å²) in [6.45, 7) is 5.83. The molecule has 1 fully saturated rings. The molecule has 1 unspecified atom stereocenters. The van der Waals surface area contributed by atoms with Crippen LogP contribution in [0.2, 0.25) is 0 Å². The molecule has 5 heteroatoms. The van der Waals surface area contributed by atoms with Crippen LogP contribution in [-0.2, 0) is 19.1 Å². The number of nitrogens with zero attached hydrogens (tertiary/aromatic N) is 1. The monoisotopic (exact) mass is 215 g/mol. The summed E-state index contributed by atoms with van der Waals surface area (Å²) in [7, 11) is 0. The third-order valence-electron chi connectivity index (χ3n) is 2.39. The molecular formula is C10H17NO4. The van der Waals surface area contributed by atoms with Crippen LogP contribution in [0.25, 0.3) is 0 Å². The van der Waals surface area contributed by atoms with Crippen LogP contribution in [0.4, 0.5) is 0 Å². The van der Waals surface area contributed by atoms with Crippen molar-refractivity contribution in [2.24, 2.45) is 0 Å². The third-order valence-corrected chi connectivity index (χ3v) is 2.39. The summed E-state index contributed by atoms with van der Waals surface area (Å²) in [6.07, 6.45) is 0.645. The molecule has 1 heterocycles. The highest BCUT2D eigenvalue weighted by atomic mass is 16.6. The maximum Gasteiger partial charge on any atom is 0.330 e. The van der Waals surface area contributed by atoms with Crippen molar-refractivity contribution in [3.05, 3.63) is 0 Å². The van der Waals surface area contributed by atoms with E-state index in [-0.39, 0.29) is 6.04 Å². The molecule has 0 amide bonds. The Morgan fingerprint density at radius 2 is 2.00 bits per heavy atom. The Morgan fingerprint density at radius 1 is 1.40 bits per heavy atom. The number of carbonyl (C=O) groups excluding carboxylic acids is 2. The van der Waals surface area contributed by atoms with E-state index in [9.17, 15) is 9.59 Å². The molecule has 5 nitrogen and oxygen atoms in total. The molecule has 86 valence electrons. The highest BCUT2D eigenvalue weighted by molar-refractivity contribution is 5.87. The Bertz CT molecular complexity index is 236. The van der Waals surface area contributed by atoms with Gasteiger partial charge in [0.15, 0.2) is 0 Å². The lowest BCUT2D eigenvalue weighted by Gasteiger charge is -2.31. The fourth-order valence-corrected chi connectivity index (χ4v) is 1.67. The first-order valence-corrected chi connectivity index (χ1v) is 5.19. The van der Waals surface area contributed by atoms with E-state index >= 15 is 0 Å². The first kappa shape index (κ1) is 12.1. The maximum absolute atomic E-state index is 11.6. The van der Waals surface area contributed by atoms with Gasteiger partial charge in [0, 0.05) is 20.0 Å². The van der Waals surface area contributed by atoms with E-state index in [1.54, 1.807) is 0 Å². The first-order chi connectivity index (χ1) is 7.15. The van der Waals surface area contributed by atoms with Crippen molar-refractivity contribution in [1.29, 1.82) is 0 Å². The second-order valence-corrected chi connectivity index (χ2v) is 3.49. The topological polar surface area (TPSA) is 55.8 Å². The summed E-state index contributed by atoms with van der Waals surface area (Å²) in [5.74, 6) is -1.00. The molecule has 1 saturated heterocycles. The number of ether oxygens (including phenoxy) is 2. The van der Waals surface area contributed by atoms with Gasteiger partial charge in [-0.05, 0) is 6.42 Å². The SMILES string of the molecule is CCC(C(=O)OC(C)=O)N1CCOCC1. The zero-order chi connectivity index (χ0) is 11.3. The molecule has 15 heavy (non-hydrogen) atoms. The van der Waals surface area contributed by atoms with Crippen LogP contribution in [-0.4, -0.2) is 49.2 Å². The second-order valence-electron chi connectivity index (χ2n) is 3.49. The van der Waals surface area contributed by atoms with Crippen molar-refractivity contribution in [3.63, 3.8) is 0 Å². The Labute approximate surface area is 89.3 Å². The molecule has 0 aromatic heterocycles. The Balaban J connectivity index is 2.52. The van der Waals surface area contributed by atoms with Gasteiger partial charge in [-0.3, -0.25) is 9.69 Å². The fourth-order valence-electron chi connectivity index (χ4n) is 1.67. The first-order valence-electron chi connectivity index (χ1n) is 5.19. The van der Waals surface area contributed by atoms with Crippen molar-refractivity contribution in [1.82, 2.24) is 4.90 Å². The van der Waals surface area contributed by atoms with Gasteiger partial charge in [-0.25, -0.2) is 4.79 Å². The van der Waals surface area contributed by atoms with E-state index in [2.05, 4.69) is 4.74 Å². The number of carbonyl (C=O) groups is 2. The van der Waals surface area contributed by atoms with Gasteiger partial charge >= 0.3 is 11.9 Å². The standard InChI is InChI=1S/C10H17NO4/c1-3-9(10(13)15-8(2)12)11-4-6-14-7-5-11/h9H,3-7H2,1-2H3. The third kappa shape index (κ3) is 3.60. The van der Waals surface area contributed by atoms with Crippen LogP contribution in [0.15, 0.2) is 0 Å². The molecule has 0 radical (unpaired) electrons. The lowest BCUT2D eigenvalue weighted by atomic mass is 10.2. The molecule has 1 atom stereocenters. The number of hydrogen-bond acceptors (Lipinski definition) is 5. The Hall–Kier alpha value is -0.940. The summed E-state index contributed by atoms with van der Waals surface area (Å²) >= 11 is 0. The lowest BCUT2D eigenvalue weighted by molar-refractivity contribution is -0.163. The summed E-state index contributed by atoms with van der Waals surface area (Å²) < 4.78 is 9.79. The molecule has 0 N–H and O–H groups in total. The predicted molar refractivity (Wildman–Crippen MR) is 53.2 cm³/mol. The average Bonchev–Trinajstić information content (AvgIpc) is 2.19. The minimum atomic E-state index is -0.549. The molecule has 0 saturated carbocycles. The van der Waals surface area contributed by atoms with Gasteiger partial charge in [0.1, 0.15) is 6.04 Å². The van der Waals surface area contributed by atoms with Gasteiger partial charge in [0.25, 0.3) is 0 Å². The summed E-state index contributed by atoms with van der Waals surface area (Å²) in [6, 6.07) is -0.321. The van der Waals surface area contributed by atoms with Crippen LogP contribution < -0.4 is 0 Å². The van der Waals surface area contributed by atoms with E-state index in [0.717, 1.165) is 0 Å². The Morgan fingerprint density at radius 3 is 2.47 bits per heavy atom. The maximum atomic E-state index is 11.6. The van der Waals surface area contributed by atoms with Crippen molar-refractivity contribution in [3.8, 4) is 0 Å². The zero-order valence-corrected chi connectivity index (χ0v) is 9.19. The largest absolute Gasteiger partial charge is 0.392 e. The molecule has 1 rings (SSSR count). The fraction of sp³-hybridized carbons (Fsp3) is 0.800. The zero-order valence-electron chi connectivity index (χ0n) is 9.19. The molecule has 0 aromatic carbocycles. The van der Waals surface area contributed by atoms with Gasteiger partial charge in [0.2, 0.25) is 0 Å². The van der Waals surface area contributed by atoms with Crippen LogP contribution in [0.3, 0.4) is 0 Å². The van der Waals surface area contributed by atoms with Crippen LogP contribution in [0.5, 0.6) is 0 Å². The van der Waals surface area contributed by atoms with Gasteiger partial charge < -0.3 is 9.47 Å². The number of hydrogen-bond donors (Lipinski definition) is 0. The van der Waals surface area contributed by atoms with Crippen molar-refractivity contribution in [2.45, 2.75) is 26.3 Å². The minimum Gasteiger partial charge on any atom is -0.392 e. The minimum absolute atomic E-state index is 0.321. The predicted octanol–water partition coefficient (Wildman–Crippen LogP) is 0.187. The number of morpholine rings is 1. The van der Waals surface area contributed by atoms with Crippen LogP contribution in [0.1, 0.15) is 20.3 Å². The normalized spacial score (nSPS) is 19.6. The average molecular weight is 215 g/mol. The molecule has 0 spiro atoms. The van der Waals surface area contributed by atoms with E-state index in [4.69, 9.17) is 4.74 Å². The van der Waals surface area contributed by atoms with Crippen LogP contribution in [0, 0.1) is 0 Å². The smallest absolute Gasteiger partial charge is 0.330 e. The summed E-state index contributed by atoms with van der Waals surface area (Å²) in [4.78, 5) is 24.2.